The van der Waals surface area contributed by atoms with Crippen LogP contribution in [0.3, 0.4) is 0 Å². The summed E-state index contributed by atoms with van der Waals surface area (Å²) in [6.07, 6.45) is 0.218. The van der Waals surface area contributed by atoms with E-state index < -0.39 is 12.0 Å². The van der Waals surface area contributed by atoms with E-state index in [9.17, 15) is 4.79 Å². The van der Waals surface area contributed by atoms with E-state index in [1.165, 1.54) is 0 Å². The fourth-order valence-corrected chi connectivity index (χ4v) is 2.72. The van der Waals surface area contributed by atoms with E-state index in [4.69, 9.17) is 20.3 Å². The van der Waals surface area contributed by atoms with Crippen LogP contribution in [0.1, 0.15) is 16.7 Å². The molecule has 0 aliphatic carbocycles. The Hall–Kier alpha value is -3.31. The van der Waals surface area contributed by atoms with Crippen molar-refractivity contribution in [3.05, 3.63) is 95.6 Å². The molecular formula is C23H23NO4. The summed E-state index contributed by atoms with van der Waals surface area (Å²) in [5, 5.41) is 9.05. The molecule has 28 heavy (non-hydrogen) atoms. The first-order valence-corrected chi connectivity index (χ1v) is 9.06. The van der Waals surface area contributed by atoms with E-state index in [0.29, 0.717) is 24.7 Å². The second-order valence-electron chi connectivity index (χ2n) is 6.48. The third-order valence-electron chi connectivity index (χ3n) is 4.26. The summed E-state index contributed by atoms with van der Waals surface area (Å²) in [6.45, 7) is 0.799. The van der Waals surface area contributed by atoms with E-state index in [2.05, 4.69) is 0 Å². The monoisotopic (exact) mass is 377 g/mol. The van der Waals surface area contributed by atoms with Crippen LogP contribution in [0.2, 0.25) is 0 Å². The van der Waals surface area contributed by atoms with Gasteiger partial charge in [-0.05, 0) is 35.2 Å². The van der Waals surface area contributed by atoms with Crippen LogP contribution >= 0.6 is 0 Å². The highest BCUT2D eigenvalue weighted by Crippen LogP contribution is 2.30. The molecule has 0 aromatic heterocycles. The molecule has 0 bridgehead atoms. The van der Waals surface area contributed by atoms with Gasteiger partial charge in [-0.1, -0.05) is 66.7 Å². The third kappa shape index (κ3) is 5.59. The number of carboxylic acids is 1. The average Bonchev–Trinajstić information content (AvgIpc) is 2.73. The maximum atomic E-state index is 11.0. The SMILES string of the molecule is N[C@H](Cc1ccc(OCc2ccccc2)c(OCc2ccccc2)c1)C(=O)O. The van der Waals surface area contributed by atoms with Gasteiger partial charge in [0.2, 0.25) is 0 Å². The molecule has 3 rings (SSSR count). The maximum absolute atomic E-state index is 11.0. The van der Waals surface area contributed by atoms with Crippen molar-refractivity contribution in [2.45, 2.75) is 25.7 Å². The minimum absolute atomic E-state index is 0.218. The van der Waals surface area contributed by atoms with Crippen LogP contribution < -0.4 is 15.2 Å². The van der Waals surface area contributed by atoms with Crippen molar-refractivity contribution in [3.63, 3.8) is 0 Å². The zero-order valence-corrected chi connectivity index (χ0v) is 15.5. The van der Waals surface area contributed by atoms with Crippen molar-refractivity contribution in [2.24, 2.45) is 5.73 Å². The number of rotatable bonds is 9. The molecule has 0 unspecified atom stereocenters. The summed E-state index contributed by atoms with van der Waals surface area (Å²) in [4.78, 5) is 11.0. The minimum atomic E-state index is -1.03. The van der Waals surface area contributed by atoms with Crippen LogP contribution in [0.4, 0.5) is 0 Å². The van der Waals surface area contributed by atoms with Gasteiger partial charge in [-0.15, -0.1) is 0 Å². The number of benzene rings is 3. The van der Waals surface area contributed by atoms with Crippen molar-refractivity contribution >= 4 is 5.97 Å². The van der Waals surface area contributed by atoms with Crippen LogP contribution in [-0.2, 0) is 24.4 Å². The molecule has 1 atom stereocenters. The molecule has 3 aromatic carbocycles. The summed E-state index contributed by atoms with van der Waals surface area (Å²) < 4.78 is 11.9. The summed E-state index contributed by atoms with van der Waals surface area (Å²) in [5.74, 6) is 0.137. The zero-order valence-electron chi connectivity index (χ0n) is 15.5. The van der Waals surface area contributed by atoms with E-state index in [-0.39, 0.29) is 6.42 Å². The Labute approximate surface area is 164 Å². The van der Waals surface area contributed by atoms with Gasteiger partial charge in [-0.2, -0.15) is 0 Å². The molecule has 0 saturated heterocycles. The number of nitrogens with two attached hydrogens (primary N) is 1. The lowest BCUT2D eigenvalue weighted by atomic mass is 10.1. The number of hydrogen-bond donors (Lipinski definition) is 2. The Balaban J connectivity index is 1.76. The molecule has 3 N–H and O–H groups in total. The molecule has 5 nitrogen and oxygen atoms in total. The van der Waals surface area contributed by atoms with Gasteiger partial charge >= 0.3 is 5.97 Å². The zero-order chi connectivity index (χ0) is 19.8. The predicted molar refractivity (Wildman–Crippen MR) is 107 cm³/mol. The molecule has 5 heteroatoms. The topological polar surface area (TPSA) is 81.8 Å². The van der Waals surface area contributed by atoms with Gasteiger partial charge in [0.15, 0.2) is 11.5 Å². The van der Waals surface area contributed by atoms with E-state index in [0.717, 1.165) is 16.7 Å². The van der Waals surface area contributed by atoms with Crippen LogP contribution in [0.25, 0.3) is 0 Å². The molecule has 0 saturated carbocycles. The van der Waals surface area contributed by atoms with Gasteiger partial charge in [-0.25, -0.2) is 0 Å². The van der Waals surface area contributed by atoms with Gasteiger partial charge in [0.1, 0.15) is 19.3 Å². The van der Waals surface area contributed by atoms with E-state index in [1.54, 1.807) is 12.1 Å². The molecule has 0 amide bonds. The fourth-order valence-electron chi connectivity index (χ4n) is 2.72. The Morgan fingerprint density at radius 1 is 0.786 bits per heavy atom. The summed E-state index contributed by atoms with van der Waals surface area (Å²) >= 11 is 0. The Morgan fingerprint density at radius 3 is 1.86 bits per heavy atom. The molecular weight excluding hydrogens is 354 g/mol. The molecule has 0 aliphatic rings. The Morgan fingerprint density at radius 2 is 1.32 bits per heavy atom. The number of aliphatic carboxylic acids is 1. The number of ether oxygens (including phenoxy) is 2. The lowest BCUT2D eigenvalue weighted by molar-refractivity contribution is -0.138. The largest absolute Gasteiger partial charge is 0.485 e. The van der Waals surface area contributed by atoms with Gasteiger partial charge in [0.05, 0.1) is 0 Å². The van der Waals surface area contributed by atoms with Crippen LogP contribution in [0, 0.1) is 0 Å². The number of carbonyl (C=O) groups is 1. The highest BCUT2D eigenvalue weighted by atomic mass is 16.5. The predicted octanol–water partition coefficient (Wildman–Crippen LogP) is 3.80. The first kappa shape index (κ1) is 19.5. The van der Waals surface area contributed by atoms with Crippen LogP contribution in [0.5, 0.6) is 11.5 Å². The molecule has 0 aliphatic heterocycles. The van der Waals surface area contributed by atoms with Gasteiger partial charge in [0, 0.05) is 0 Å². The maximum Gasteiger partial charge on any atom is 0.320 e. The molecule has 0 radical (unpaired) electrons. The molecule has 3 aromatic rings. The highest BCUT2D eigenvalue weighted by molar-refractivity contribution is 5.73. The number of hydrogen-bond acceptors (Lipinski definition) is 4. The second kappa shape index (κ2) is 9.58. The van der Waals surface area contributed by atoms with Crippen molar-refractivity contribution in [2.75, 3.05) is 0 Å². The molecule has 0 spiro atoms. The molecule has 0 heterocycles. The molecule has 0 fully saturated rings. The van der Waals surface area contributed by atoms with Crippen molar-refractivity contribution in [1.29, 1.82) is 0 Å². The summed E-state index contributed by atoms with van der Waals surface area (Å²) in [5.41, 5.74) is 8.53. The minimum Gasteiger partial charge on any atom is -0.485 e. The highest BCUT2D eigenvalue weighted by Gasteiger charge is 2.14. The normalized spacial score (nSPS) is 11.6. The standard InChI is InChI=1S/C23H23NO4/c24-20(23(25)26)13-19-11-12-21(27-15-17-7-3-1-4-8-17)22(14-19)28-16-18-9-5-2-6-10-18/h1-12,14,20H,13,15-16,24H2,(H,25,26)/t20-/m1/s1. The van der Waals surface area contributed by atoms with Gasteiger partial charge < -0.3 is 20.3 Å². The van der Waals surface area contributed by atoms with Gasteiger partial charge in [-0.3, -0.25) is 4.79 Å². The van der Waals surface area contributed by atoms with E-state index >= 15 is 0 Å². The average molecular weight is 377 g/mol. The second-order valence-corrected chi connectivity index (χ2v) is 6.48. The lowest BCUT2D eigenvalue weighted by Gasteiger charge is -2.15. The Bertz CT molecular complexity index is 897. The van der Waals surface area contributed by atoms with Crippen LogP contribution in [0.15, 0.2) is 78.9 Å². The van der Waals surface area contributed by atoms with Crippen LogP contribution in [-0.4, -0.2) is 17.1 Å². The Kier molecular flexibility index (Phi) is 6.65. The smallest absolute Gasteiger partial charge is 0.320 e. The molecule has 144 valence electrons. The quantitative estimate of drug-likeness (QED) is 0.593. The lowest BCUT2D eigenvalue weighted by Crippen LogP contribution is -2.32. The van der Waals surface area contributed by atoms with E-state index in [1.807, 2.05) is 66.7 Å². The fraction of sp³-hybridized carbons (Fsp3) is 0.174. The van der Waals surface area contributed by atoms with Crippen molar-refractivity contribution in [3.8, 4) is 11.5 Å². The summed E-state index contributed by atoms with van der Waals surface area (Å²) in [7, 11) is 0. The van der Waals surface area contributed by atoms with Crippen molar-refractivity contribution in [1.82, 2.24) is 0 Å². The number of carboxylic acid groups (broad SMARTS) is 1. The third-order valence-corrected chi connectivity index (χ3v) is 4.26. The first-order valence-electron chi connectivity index (χ1n) is 9.06. The van der Waals surface area contributed by atoms with Gasteiger partial charge in [0.25, 0.3) is 0 Å². The van der Waals surface area contributed by atoms with Crippen molar-refractivity contribution < 1.29 is 19.4 Å². The summed E-state index contributed by atoms with van der Waals surface area (Å²) in [6, 6.07) is 24.1. The first-order chi connectivity index (χ1) is 13.6.